The van der Waals surface area contributed by atoms with Gasteiger partial charge in [0.1, 0.15) is 0 Å². The number of benzene rings is 1. The molecule has 1 heterocycles. The molecule has 5 nitrogen and oxygen atoms in total. The van der Waals surface area contributed by atoms with E-state index in [4.69, 9.17) is 5.21 Å². The van der Waals surface area contributed by atoms with Crippen molar-refractivity contribution in [3.63, 3.8) is 0 Å². The van der Waals surface area contributed by atoms with Crippen molar-refractivity contribution < 1.29 is 14.7 Å². The van der Waals surface area contributed by atoms with Crippen molar-refractivity contribution in [3.8, 4) is 5.69 Å². The van der Waals surface area contributed by atoms with Crippen LogP contribution in [0, 0.1) is 0 Å². The molecule has 2 aromatic rings. The van der Waals surface area contributed by atoms with E-state index in [1.807, 2.05) is 18.3 Å². The Morgan fingerprint density at radius 2 is 2.22 bits per heavy atom. The fourth-order valence-electron chi connectivity index (χ4n) is 1.69. The van der Waals surface area contributed by atoms with E-state index in [9.17, 15) is 4.79 Å². The Labute approximate surface area is 104 Å². The van der Waals surface area contributed by atoms with Gasteiger partial charge in [-0.1, -0.05) is 11.2 Å². The van der Waals surface area contributed by atoms with Crippen molar-refractivity contribution in [3.05, 3.63) is 53.9 Å². The Hall–Kier alpha value is -2.56. The van der Waals surface area contributed by atoms with Gasteiger partial charge < -0.3 is 14.5 Å². The van der Waals surface area contributed by atoms with Gasteiger partial charge >= 0.3 is 5.97 Å². The highest BCUT2D eigenvalue weighted by Gasteiger charge is 2.07. The summed E-state index contributed by atoms with van der Waals surface area (Å²) in [6.07, 6.45) is 3.14. The Bertz CT molecular complexity index is 587. The van der Waals surface area contributed by atoms with Crippen LogP contribution in [0.4, 0.5) is 0 Å². The van der Waals surface area contributed by atoms with Crippen LogP contribution >= 0.6 is 0 Å². The lowest BCUT2D eigenvalue weighted by atomic mass is 10.2. The van der Waals surface area contributed by atoms with Crippen molar-refractivity contribution in [2.75, 3.05) is 7.11 Å². The molecule has 0 radical (unpaired) electrons. The van der Waals surface area contributed by atoms with Crippen molar-refractivity contribution in [1.82, 2.24) is 4.57 Å². The van der Waals surface area contributed by atoms with Gasteiger partial charge in [-0.25, -0.2) is 4.79 Å². The van der Waals surface area contributed by atoms with E-state index < -0.39 is 0 Å². The predicted molar refractivity (Wildman–Crippen MR) is 66.5 cm³/mol. The maximum absolute atomic E-state index is 11.4. The average molecular weight is 244 g/mol. The molecule has 1 aromatic heterocycles. The van der Waals surface area contributed by atoms with E-state index in [2.05, 4.69) is 9.89 Å². The van der Waals surface area contributed by atoms with Crippen molar-refractivity contribution >= 4 is 12.2 Å². The summed E-state index contributed by atoms with van der Waals surface area (Å²) in [5, 5.41) is 11.6. The fourth-order valence-corrected chi connectivity index (χ4v) is 1.69. The number of nitrogens with zero attached hydrogens (tertiary/aromatic N) is 2. The largest absolute Gasteiger partial charge is 0.465 e. The molecule has 0 unspecified atom stereocenters. The molecule has 0 aliphatic carbocycles. The van der Waals surface area contributed by atoms with Crippen LogP contribution in [0.15, 0.2) is 47.8 Å². The third-order valence-electron chi connectivity index (χ3n) is 2.52. The van der Waals surface area contributed by atoms with E-state index >= 15 is 0 Å². The molecule has 1 N–H and O–H groups in total. The van der Waals surface area contributed by atoms with Crippen LogP contribution in [-0.4, -0.2) is 29.1 Å². The van der Waals surface area contributed by atoms with Crippen molar-refractivity contribution in [2.24, 2.45) is 5.16 Å². The molecule has 0 aliphatic rings. The van der Waals surface area contributed by atoms with Gasteiger partial charge in [-0.05, 0) is 30.3 Å². The van der Waals surface area contributed by atoms with Crippen LogP contribution in [0.5, 0.6) is 0 Å². The first kappa shape index (κ1) is 11.9. The summed E-state index contributed by atoms with van der Waals surface area (Å²) in [5.74, 6) is -0.388. The number of ether oxygens (including phenoxy) is 1. The topological polar surface area (TPSA) is 63.8 Å². The van der Waals surface area contributed by atoms with E-state index in [1.165, 1.54) is 13.3 Å². The highest BCUT2D eigenvalue weighted by Crippen LogP contribution is 2.14. The first-order chi connectivity index (χ1) is 8.76. The minimum Gasteiger partial charge on any atom is -0.465 e. The van der Waals surface area contributed by atoms with Crippen LogP contribution < -0.4 is 0 Å². The number of carbonyl (C=O) groups is 1. The first-order valence-electron chi connectivity index (χ1n) is 5.30. The summed E-state index contributed by atoms with van der Waals surface area (Å²) in [4.78, 5) is 11.4. The van der Waals surface area contributed by atoms with Crippen LogP contribution in [0.2, 0.25) is 0 Å². The molecule has 0 spiro atoms. The number of esters is 1. The SMILES string of the molecule is COC(=O)c1cccc(-n2cccc2C=NO)c1. The number of rotatable bonds is 3. The fraction of sp³-hybridized carbons (Fsp3) is 0.0769. The number of methoxy groups -OCH3 is 1. The number of oxime groups is 1. The summed E-state index contributed by atoms with van der Waals surface area (Å²) in [5.41, 5.74) is 1.97. The van der Waals surface area contributed by atoms with Crippen LogP contribution in [-0.2, 0) is 4.74 Å². The highest BCUT2D eigenvalue weighted by molar-refractivity contribution is 5.90. The van der Waals surface area contributed by atoms with Crippen molar-refractivity contribution in [2.45, 2.75) is 0 Å². The monoisotopic (exact) mass is 244 g/mol. The summed E-state index contributed by atoms with van der Waals surface area (Å²) in [6, 6.07) is 10.6. The van der Waals surface area contributed by atoms with Gasteiger partial charge in [0.25, 0.3) is 0 Å². The molecule has 0 saturated carbocycles. The predicted octanol–water partition coefficient (Wildman–Crippen LogP) is 2.07. The van der Waals surface area contributed by atoms with Gasteiger partial charge in [0.15, 0.2) is 0 Å². The van der Waals surface area contributed by atoms with E-state index in [0.29, 0.717) is 11.3 Å². The maximum Gasteiger partial charge on any atom is 0.337 e. The molecular formula is C13H12N2O3. The average Bonchev–Trinajstić information content (AvgIpc) is 2.87. The number of carbonyl (C=O) groups excluding carboxylic acids is 1. The number of hydrogen-bond acceptors (Lipinski definition) is 4. The Balaban J connectivity index is 2.44. The van der Waals surface area contributed by atoms with E-state index in [-0.39, 0.29) is 5.97 Å². The molecule has 18 heavy (non-hydrogen) atoms. The van der Waals surface area contributed by atoms with Gasteiger partial charge in [0.2, 0.25) is 0 Å². The molecule has 1 aromatic carbocycles. The van der Waals surface area contributed by atoms with Gasteiger partial charge in [0.05, 0.1) is 24.6 Å². The van der Waals surface area contributed by atoms with E-state index in [1.54, 1.807) is 28.8 Å². The van der Waals surface area contributed by atoms with Crippen molar-refractivity contribution in [1.29, 1.82) is 0 Å². The second-order valence-corrected chi connectivity index (χ2v) is 3.59. The minimum atomic E-state index is -0.388. The molecule has 0 saturated heterocycles. The van der Waals surface area contributed by atoms with Gasteiger partial charge in [-0.2, -0.15) is 0 Å². The first-order valence-corrected chi connectivity index (χ1v) is 5.30. The zero-order chi connectivity index (χ0) is 13.0. The third kappa shape index (κ3) is 2.24. The third-order valence-corrected chi connectivity index (χ3v) is 2.52. The highest BCUT2D eigenvalue weighted by atomic mass is 16.5. The molecule has 5 heteroatoms. The number of aromatic nitrogens is 1. The molecule has 92 valence electrons. The maximum atomic E-state index is 11.4. The lowest BCUT2D eigenvalue weighted by Gasteiger charge is -2.07. The van der Waals surface area contributed by atoms with Crippen LogP contribution in [0.3, 0.4) is 0 Å². The van der Waals surface area contributed by atoms with Crippen LogP contribution in [0.1, 0.15) is 16.1 Å². The lowest BCUT2D eigenvalue weighted by molar-refractivity contribution is 0.0600. The summed E-state index contributed by atoms with van der Waals surface area (Å²) in [7, 11) is 1.34. The Morgan fingerprint density at radius 1 is 1.39 bits per heavy atom. The number of hydrogen-bond donors (Lipinski definition) is 1. The summed E-state index contributed by atoms with van der Waals surface area (Å²) >= 11 is 0. The molecule has 2 rings (SSSR count). The quantitative estimate of drug-likeness (QED) is 0.389. The molecule has 0 fully saturated rings. The molecule has 0 aliphatic heterocycles. The molecular weight excluding hydrogens is 232 g/mol. The van der Waals surface area contributed by atoms with Gasteiger partial charge in [0, 0.05) is 11.9 Å². The second-order valence-electron chi connectivity index (χ2n) is 3.59. The van der Waals surface area contributed by atoms with Gasteiger partial charge in [-0.3, -0.25) is 0 Å². The molecule has 0 amide bonds. The normalized spacial score (nSPS) is 10.7. The van der Waals surface area contributed by atoms with E-state index in [0.717, 1.165) is 5.69 Å². The standard InChI is InChI=1S/C13H12N2O3/c1-18-13(16)10-4-2-5-11(8-10)15-7-3-6-12(15)9-14-17/h2-9,17H,1H3. The minimum absolute atomic E-state index is 0.388. The Kier molecular flexibility index (Phi) is 3.43. The lowest BCUT2D eigenvalue weighted by Crippen LogP contribution is -2.04. The Morgan fingerprint density at radius 3 is 2.94 bits per heavy atom. The van der Waals surface area contributed by atoms with Gasteiger partial charge in [-0.15, -0.1) is 0 Å². The summed E-state index contributed by atoms with van der Waals surface area (Å²) < 4.78 is 6.47. The second kappa shape index (κ2) is 5.18. The summed E-state index contributed by atoms with van der Waals surface area (Å²) in [6.45, 7) is 0. The molecule has 0 bridgehead atoms. The zero-order valence-electron chi connectivity index (χ0n) is 9.78. The smallest absolute Gasteiger partial charge is 0.337 e. The zero-order valence-corrected chi connectivity index (χ0v) is 9.78. The molecule has 0 atom stereocenters. The van der Waals surface area contributed by atoms with Crippen LogP contribution in [0.25, 0.3) is 5.69 Å².